The topological polar surface area (TPSA) is 102 Å². The summed E-state index contributed by atoms with van der Waals surface area (Å²) in [5.41, 5.74) is 1.82. The van der Waals surface area contributed by atoms with Crippen LogP contribution in [0.15, 0.2) is 30.7 Å². The van der Waals surface area contributed by atoms with Crippen molar-refractivity contribution in [1.82, 2.24) is 24.6 Å². The van der Waals surface area contributed by atoms with Gasteiger partial charge < -0.3 is 15.0 Å². The lowest BCUT2D eigenvalue weighted by atomic mass is 10.1. The van der Waals surface area contributed by atoms with E-state index >= 15 is 0 Å². The Morgan fingerprint density at radius 1 is 1.29 bits per heavy atom. The predicted molar refractivity (Wildman–Crippen MR) is 121 cm³/mol. The summed E-state index contributed by atoms with van der Waals surface area (Å²) in [6, 6.07) is 3.29. The number of nitrogens with zero attached hydrogens (tertiary/aromatic N) is 5. The third kappa shape index (κ3) is 6.06. The Morgan fingerprint density at radius 2 is 2.09 bits per heavy atom. The molecule has 4 heterocycles. The molecule has 1 N–H and O–H groups in total. The number of anilines is 1. The minimum absolute atomic E-state index is 0.0357. The number of pyridine rings is 2. The van der Waals surface area contributed by atoms with Crippen LogP contribution < -0.4 is 10.1 Å². The maximum Gasteiger partial charge on any atom is 0.422 e. The summed E-state index contributed by atoms with van der Waals surface area (Å²) in [6.07, 6.45) is 2.14. The quantitative estimate of drug-likeness (QED) is 0.544. The van der Waals surface area contributed by atoms with Crippen molar-refractivity contribution in [2.45, 2.75) is 51.9 Å². The first-order valence-electron chi connectivity index (χ1n) is 11.1. The summed E-state index contributed by atoms with van der Waals surface area (Å²) in [5, 5.41) is 7.97. The zero-order valence-electron chi connectivity index (χ0n) is 19.3. The van der Waals surface area contributed by atoms with Crippen molar-refractivity contribution in [3.05, 3.63) is 41.9 Å². The molecule has 0 radical (unpaired) electrons. The minimum Gasteiger partial charge on any atom is -0.468 e. The summed E-state index contributed by atoms with van der Waals surface area (Å²) < 4.78 is 43.6. The largest absolute Gasteiger partial charge is 0.468 e. The lowest BCUT2D eigenvalue weighted by Gasteiger charge is -2.22. The fourth-order valence-corrected chi connectivity index (χ4v) is 4.23. The van der Waals surface area contributed by atoms with Crippen LogP contribution in [0.5, 0.6) is 5.88 Å². The van der Waals surface area contributed by atoms with E-state index in [1.54, 1.807) is 41.0 Å². The number of aryl methyl sites for hydroxylation is 1. The molecule has 0 bridgehead atoms. The van der Waals surface area contributed by atoms with Crippen LogP contribution in [0.2, 0.25) is 0 Å². The zero-order chi connectivity index (χ0) is 25.2. The Morgan fingerprint density at radius 3 is 2.80 bits per heavy atom. The number of hydrogen-bond donors (Lipinski definition) is 1. The summed E-state index contributed by atoms with van der Waals surface area (Å²) in [7, 11) is 0. The Hall–Kier alpha value is -3.70. The second-order valence-electron chi connectivity index (χ2n) is 8.55. The van der Waals surface area contributed by atoms with Gasteiger partial charge in [0.15, 0.2) is 6.61 Å². The van der Waals surface area contributed by atoms with E-state index in [1.165, 1.54) is 13.1 Å². The van der Waals surface area contributed by atoms with Gasteiger partial charge in [0.1, 0.15) is 5.82 Å². The van der Waals surface area contributed by atoms with Gasteiger partial charge in [0.25, 0.3) is 0 Å². The fraction of sp³-hybridized carbons (Fsp3) is 0.435. The molecule has 0 saturated carbocycles. The average Bonchev–Trinajstić information content (AvgIpc) is 3.39. The number of fused-ring (bicyclic) bond motifs is 1. The molecule has 1 fully saturated rings. The third-order valence-corrected chi connectivity index (χ3v) is 5.75. The van der Waals surface area contributed by atoms with Gasteiger partial charge in [-0.1, -0.05) is 0 Å². The van der Waals surface area contributed by atoms with Gasteiger partial charge in [0.05, 0.1) is 17.4 Å². The van der Waals surface area contributed by atoms with Crippen molar-refractivity contribution >= 4 is 28.5 Å². The first-order chi connectivity index (χ1) is 16.6. The van der Waals surface area contributed by atoms with Crippen molar-refractivity contribution in [3.8, 4) is 5.88 Å². The van der Waals surface area contributed by atoms with Crippen LogP contribution >= 0.6 is 0 Å². The number of aromatic nitrogens is 4. The summed E-state index contributed by atoms with van der Waals surface area (Å²) in [5.74, 6) is 0.0319. The highest BCUT2D eigenvalue weighted by Crippen LogP contribution is 2.24. The molecule has 4 rings (SSSR count). The van der Waals surface area contributed by atoms with Gasteiger partial charge in [-0.15, -0.1) is 0 Å². The van der Waals surface area contributed by atoms with Crippen LogP contribution in [-0.2, 0) is 16.1 Å². The number of likely N-dealkylation sites (tertiary alicyclic amines) is 1. The van der Waals surface area contributed by atoms with Gasteiger partial charge in [-0.05, 0) is 37.5 Å². The number of nitrogens with one attached hydrogen (secondary N) is 1. The smallest absolute Gasteiger partial charge is 0.422 e. The molecule has 0 spiro atoms. The number of rotatable bonds is 7. The number of amides is 2. The molecule has 35 heavy (non-hydrogen) atoms. The first-order valence-corrected chi connectivity index (χ1v) is 11.1. The number of alkyl halides is 3. The summed E-state index contributed by atoms with van der Waals surface area (Å²) in [4.78, 5) is 34.4. The van der Waals surface area contributed by atoms with Crippen molar-refractivity contribution in [2.24, 2.45) is 0 Å². The highest BCUT2D eigenvalue weighted by Gasteiger charge is 2.29. The van der Waals surface area contributed by atoms with Gasteiger partial charge in [-0.2, -0.15) is 18.3 Å². The van der Waals surface area contributed by atoms with Crippen LogP contribution in [0.4, 0.5) is 19.0 Å². The molecule has 12 heteroatoms. The molecule has 1 aliphatic rings. The normalized spacial score (nSPS) is 16.0. The molecule has 1 aliphatic heterocycles. The molecule has 186 valence electrons. The highest BCUT2D eigenvalue weighted by molar-refractivity contribution is 5.99. The zero-order valence-corrected chi connectivity index (χ0v) is 19.3. The van der Waals surface area contributed by atoms with E-state index in [2.05, 4.69) is 20.4 Å². The number of ether oxygens (including phenoxy) is 1. The highest BCUT2D eigenvalue weighted by atomic mass is 19.4. The Balaban J connectivity index is 1.44. The maximum atomic E-state index is 12.7. The molecule has 1 atom stereocenters. The number of carbonyl (C=O) groups excluding carboxylic acids is 2. The lowest BCUT2D eigenvalue weighted by Crippen LogP contribution is -2.36. The monoisotopic (exact) mass is 490 g/mol. The Bertz CT molecular complexity index is 1240. The van der Waals surface area contributed by atoms with E-state index in [-0.39, 0.29) is 30.2 Å². The SMILES string of the molecule is CC(=O)N1CCC[C@H]1CC(=O)Nc1nccc2nn(Cc3cnc(OCC(F)(F)F)c(C)c3)cc12. The van der Waals surface area contributed by atoms with E-state index < -0.39 is 12.8 Å². The molecule has 2 amide bonds. The molecule has 9 nitrogen and oxygen atoms in total. The van der Waals surface area contributed by atoms with Crippen LogP contribution in [0, 0.1) is 6.92 Å². The van der Waals surface area contributed by atoms with Gasteiger partial charge in [0.2, 0.25) is 17.7 Å². The van der Waals surface area contributed by atoms with Gasteiger partial charge in [0, 0.05) is 50.1 Å². The molecular formula is C23H25F3N6O3. The van der Waals surface area contributed by atoms with E-state index in [9.17, 15) is 22.8 Å². The van der Waals surface area contributed by atoms with Gasteiger partial charge in [-0.25, -0.2) is 9.97 Å². The molecule has 0 aliphatic carbocycles. The van der Waals surface area contributed by atoms with E-state index in [0.717, 1.165) is 18.4 Å². The second kappa shape index (κ2) is 9.88. The standard InChI is InChI=1S/C23H25F3N6O3/c1-14-8-16(10-28-22(14)35-13-23(24,25)26)11-31-12-18-19(30-31)5-6-27-21(18)29-20(34)9-17-4-3-7-32(17)15(2)33/h5-6,8,10,12,17H,3-4,7,9,11,13H2,1-2H3,(H,27,29,34)/t17-/m0/s1. The summed E-state index contributed by atoms with van der Waals surface area (Å²) >= 11 is 0. The third-order valence-electron chi connectivity index (χ3n) is 5.75. The van der Waals surface area contributed by atoms with Crippen LogP contribution in [0.3, 0.4) is 0 Å². The maximum absolute atomic E-state index is 12.7. The molecule has 3 aromatic rings. The first kappa shape index (κ1) is 24.4. The fourth-order valence-electron chi connectivity index (χ4n) is 4.23. The van der Waals surface area contributed by atoms with Gasteiger partial charge >= 0.3 is 6.18 Å². The van der Waals surface area contributed by atoms with Crippen LogP contribution in [-0.4, -0.2) is 61.8 Å². The van der Waals surface area contributed by atoms with Crippen molar-refractivity contribution in [1.29, 1.82) is 0 Å². The lowest BCUT2D eigenvalue weighted by molar-refractivity contribution is -0.154. The van der Waals surface area contributed by atoms with E-state index in [4.69, 9.17) is 4.74 Å². The Kier molecular flexibility index (Phi) is 6.90. The van der Waals surface area contributed by atoms with Crippen LogP contribution in [0.25, 0.3) is 10.9 Å². The molecule has 0 unspecified atom stereocenters. The molecule has 1 saturated heterocycles. The summed E-state index contributed by atoms with van der Waals surface area (Å²) in [6.45, 7) is 2.70. The van der Waals surface area contributed by atoms with Crippen molar-refractivity contribution in [3.63, 3.8) is 0 Å². The second-order valence-corrected chi connectivity index (χ2v) is 8.55. The van der Waals surface area contributed by atoms with Crippen molar-refractivity contribution < 1.29 is 27.5 Å². The van der Waals surface area contributed by atoms with Crippen molar-refractivity contribution in [2.75, 3.05) is 18.5 Å². The van der Waals surface area contributed by atoms with E-state index in [1.807, 2.05) is 0 Å². The predicted octanol–water partition coefficient (Wildman–Crippen LogP) is 3.46. The number of hydrogen-bond acceptors (Lipinski definition) is 6. The minimum atomic E-state index is -4.44. The number of carbonyl (C=O) groups is 2. The van der Waals surface area contributed by atoms with Gasteiger partial charge in [-0.3, -0.25) is 14.3 Å². The molecule has 0 aromatic carbocycles. The Labute approximate surface area is 199 Å². The average molecular weight is 490 g/mol. The molecular weight excluding hydrogens is 465 g/mol. The van der Waals surface area contributed by atoms with E-state index in [0.29, 0.717) is 35.4 Å². The van der Waals surface area contributed by atoms with Crippen LogP contribution in [0.1, 0.15) is 37.3 Å². The molecule has 3 aromatic heterocycles. The number of halogens is 3.